The van der Waals surface area contributed by atoms with E-state index in [0.29, 0.717) is 13.0 Å². The monoisotopic (exact) mass is 427 g/mol. The summed E-state index contributed by atoms with van der Waals surface area (Å²) < 4.78 is 0. The number of nitrogens with one attached hydrogen (secondary N) is 1. The molecule has 3 aliphatic heterocycles. The highest BCUT2D eigenvalue weighted by Gasteiger charge is 2.40. The maximum Gasteiger partial charge on any atom is 0.255 e. The number of carbonyl (C=O) groups excluding carboxylic acids is 3. The van der Waals surface area contributed by atoms with Gasteiger partial charge in [0.15, 0.2) is 0 Å². The van der Waals surface area contributed by atoms with Crippen LogP contribution >= 0.6 is 0 Å². The van der Waals surface area contributed by atoms with Crippen molar-refractivity contribution in [2.45, 2.75) is 51.2 Å². The third-order valence-electron chi connectivity index (χ3n) is 6.68. The van der Waals surface area contributed by atoms with Gasteiger partial charge in [-0.2, -0.15) is 0 Å². The molecule has 2 saturated heterocycles. The van der Waals surface area contributed by atoms with Gasteiger partial charge in [-0.1, -0.05) is 24.6 Å². The van der Waals surface area contributed by atoms with Gasteiger partial charge in [-0.25, -0.2) is 0 Å². The maximum absolute atomic E-state index is 13.2. The van der Waals surface area contributed by atoms with Gasteiger partial charge >= 0.3 is 0 Å². The molecule has 8 heteroatoms. The molecule has 2 fully saturated rings. The van der Waals surface area contributed by atoms with Gasteiger partial charge in [0.1, 0.15) is 6.04 Å². The van der Waals surface area contributed by atoms with Gasteiger partial charge < -0.3 is 15.5 Å². The van der Waals surface area contributed by atoms with Crippen LogP contribution in [0.2, 0.25) is 0 Å². The molecule has 3 aliphatic rings. The first-order valence-corrected chi connectivity index (χ1v) is 11.5. The summed E-state index contributed by atoms with van der Waals surface area (Å²) in [6, 6.07) is 5.45. The molecule has 0 bridgehead atoms. The van der Waals surface area contributed by atoms with Gasteiger partial charge in [0.2, 0.25) is 11.8 Å². The van der Waals surface area contributed by atoms with Crippen LogP contribution in [0, 0.1) is 0 Å². The van der Waals surface area contributed by atoms with Crippen molar-refractivity contribution in [3.05, 3.63) is 34.9 Å². The Hall–Kier alpha value is -2.29. The van der Waals surface area contributed by atoms with Crippen LogP contribution in [-0.4, -0.2) is 77.7 Å². The molecule has 168 valence electrons. The number of unbranched alkanes of at least 4 members (excludes halogenated alkanes) is 2. The molecule has 0 aromatic heterocycles. The highest BCUT2D eigenvalue weighted by Crippen LogP contribution is 2.30. The number of nitrogens with two attached hydrogens (primary N) is 1. The predicted molar refractivity (Wildman–Crippen MR) is 117 cm³/mol. The summed E-state index contributed by atoms with van der Waals surface area (Å²) in [4.78, 5) is 43.5. The number of nitrogens with zero attached hydrogens (tertiary/aromatic N) is 3. The lowest BCUT2D eigenvalue weighted by Gasteiger charge is -2.35. The number of amides is 3. The Morgan fingerprint density at radius 2 is 1.77 bits per heavy atom. The SMILES string of the molecule is NCCCCCN1CCN(Cc2cccc3c2C(=O)N(C2CCC(=O)NC2=O)C3)CC1. The lowest BCUT2D eigenvalue weighted by molar-refractivity contribution is -0.136. The molecule has 0 radical (unpaired) electrons. The van der Waals surface area contributed by atoms with Crippen LogP contribution in [0.1, 0.15) is 53.6 Å². The molecule has 0 saturated carbocycles. The number of hydrogen-bond donors (Lipinski definition) is 2. The average Bonchev–Trinajstić information content (AvgIpc) is 3.10. The molecule has 0 spiro atoms. The molecule has 3 N–H and O–H groups in total. The number of piperazine rings is 1. The number of fused-ring (bicyclic) bond motifs is 1. The molecule has 1 unspecified atom stereocenters. The number of rotatable bonds is 8. The number of hydrogen-bond acceptors (Lipinski definition) is 6. The quantitative estimate of drug-likeness (QED) is 0.468. The number of piperidine rings is 1. The molecular weight excluding hydrogens is 394 g/mol. The maximum atomic E-state index is 13.2. The first-order chi connectivity index (χ1) is 15.1. The normalized spacial score (nSPS) is 22.7. The molecule has 0 aliphatic carbocycles. The largest absolute Gasteiger partial charge is 0.330 e. The fraction of sp³-hybridized carbons (Fsp3) is 0.609. The van der Waals surface area contributed by atoms with Crippen molar-refractivity contribution >= 4 is 17.7 Å². The summed E-state index contributed by atoms with van der Waals surface area (Å²) in [5.74, 6) is -0.704. The van der Waals surface area contributed by atoms with Crippen LogP contribution in [0.15, 0.2) is 18.2 Å². The topological polar surface area (TPSA) is 99.0 Å². The molecule has 3 heterocycles. The Morgan fingerprint density at radius 3 is 2.52 bits per heavy atom. The van der Waals surface area contributed by atoms with E-state index in [9.17, 15) is 14.4 Å². The lowest BCUT2D eigenvalue weighted by atomic mass is 10.0. The van der Waals surface area contributed by atoms with E-state index in [1.807, 2.05) is 18.2 Å². The number of imide groups is 1. The van der Waals surface area contributed by atoms with Crippen molar-refractivity contribution < 1.29 is 14.4 Å². The first-order valence-electron chi connectivity index (χ1n) is 11.5. The highest BCUT2D eigenvalue weighted by molar-refractivity contribution is 6.05. The molecule has 8 nitrogen and oxygen atoms in total. The van der Waals surface area contributed by atoms with Crippen LogP contribution in [0.4, 0.5) is 0 Å². The second-order valence-corrected chi connectivity index (χ2v) is 8.82. The third-order valence-corrected chi connectivity index (χ3v) is 6.68. The van der Waals surface area contributed by atoms with Crippen LogP contribution in [0.5, 0.6) is 0 Å². The zero-order valence-electron chi connectivity index (χ0n) is 18.1. The molecule has 3 amide bonds. The van der Waals surface area contributed by atoms with Crippen LogP contribution in [0.3, 0.4) is 0 Å². The lowest BCUT2D eigenvalue weighted by Crippen LogP contribution is -2.52. The summed E-state index contributed by atoms with van der Waals surface area (Å²) in [5, 5.41) is 2.37. The Balaban J connectivity index is 1.36. The van der Waals surface area contributed by atoms with Crippen molar-refractivity contribution in [1.29, 1.82) is 0 Å². The van der Waals surface area contributed by atoms with Crippen LogP contribution < -0.4 is 11.1 Å². The van der Waals surface area contributed by atoms with E-state index in [2.05, 4.69) is 15.1 Å². The second-order valence-electron chi connectivity index (χ2n) is 8.82. The van der Waals surface area contributed by atoms with Crippen molar-refractivity contribution in [2.75, 3.05) is 39.3 Å². The van der Waals surface area contributed by atoms with E-state index in [1.54, 1.807) is 4.90 Å². The van der Waals surface area contributed by atoms with E-state index >= 15 is 0 Å². The number of carbonyl (C=O) groups is 3. The van der Waals surface area contributed by atoms with Gasteiger partial charge in [-0.15, -0.1) is 0 Å². The third kappa shape index (κ3) is 4.97. The van der Waals surface area contributed by atoms with Crippen LogP contribution in [0.25, 0.3) is 0 Å². The van der Waals surface area contributed by atoms with Gasteiger partial charge in [-0.3, -0.25) is 24.6 Å². The standard InChI is InChI=1S/C23H33N5O3/c24-9-2-1-3-10-26-11-13-27(14-12-26)15-17-5-4-6-18-16-28(23(31)21(17)18)19-7-8-20(29)25-22(19)30/h4-6,19H,1-3,7-16,24H2,(H,25,29,30). The second kappa shape index (κ2) is 9.89. The van der Waals surface area contributed by atoms with E-state index in [4.69, 9.17) is 5.73 Å². The van der Waals surface area contributed by atoms with E-state index in [-0.39, 0.29) is 24.1 Å². The fourth-order valence-electron chi connectivity index (χ4n) is 4.89. The zero-order valence-corrected chi connectivity index (χ0v) is 18.1. The molecule has 1 atom stereocenters. The van der Waals surface area contributed by atoms with Gasteiger partial charge in [0.05, 0.1) is 0 Å². The van der Waals surface area contributed by atoms with Crippen molar-refractivity contribution in [3.8, 4) is 0 Å². The predicted octanol–water partition coefficient (Wildman–Crippen LogP) is 0.694. The Morgan fingerprint density at radius 1 is 1.00 bits per heavy atom. The Bertz CT molecular complexity index is 835. The number of benzene rings is 1. The van der Waals surface area contributed by atoms with E-state index < -0.39 is 6.04 Å². The summed E-state index contributed by atoms with van der Waals surface area (Å²) in [6.07, 6.45) is 4.17. The van der Waals surface area contributed by atoms with Crippen molar-refractivity contribution in [3.63, 3.8) is 0 Å². The van der Waals surface area contributed by atoms with Gasteiger partial charge in [0.25, 0.3) is 5.91 Å². The molecule has 1 aromatic rings. The summed E-state index contributed by atoms with van der Waals surface area (Å²) in [7, 11) is 0. The molecule has 31 heavy (non-hydrogen) atoms. The first kappa shape index (κ1) is 21.9. The smallest absolute Gasteiger partial charge is 0.255 e. The van der Waals surface area contributed by atoms with Gasteiger partial charge in [-0.05, 0) is 43.5 Å². The van der Waals surface area contributed by atoms with E-state index in [1.165, 1.54) is 12.8 Å². The zero-order chi connectivity index (χ0) is 21.8. The van der Waals surface area contributed by atoms with Crippen molar-refractivity contribution in [2.24, 2.45) is 5.73 Å². The Kier molecular flexibility index (Phi) is 6.99. The minimum Gasteiger partial charge on any atom is -0.330 e. The minimum atomic E-state index is -0.562. The summed E-state index contributed by atoms with van der Waals surface area (Å²) >= 11 is 0. The summed E-state index contributed by atoms with van der Waals surface area (Å²) in [5.41, 5.74) is 8.33. The van der Waals surface area contributed by atoms with Gasteiger partial charge in [0, 0.05) is 51.3 Å². The average molecular weight is 428 g/mol. The van der Waals surface area contributed by atoms with E-state index in [0.717, 1.165) is 68.9 Å². The Labute approximate surface area is 183 Å². The highest BCUT2D eigenvalue weighted by atomic mass is 16.2. The molecule has 1 aromatic carbocycles. The molecular formula is C23H33N5O3. The summed E-state index contributed by atoms with van der Waals surface area (Å²) in [6.45, 7) is 7.17. The molecule has 4 rings (SSSR count). The fourth-order valence-corrected chi connectivity index (χ4v) is 4.89. The van der Waals surface area contributed by atoms with Crippen LogP contribution in [-0.2, 0) is 22.7 Å². The minimum absolute atomic E-state index is 0.0846. The van der Waals surface area contributed by atoms with Crippen molar-refractivity contribution in [1.82, 2.24) is 20.0 Å².